The fraction of sp³-hybridized carbons (Fsp3) is 0.467. The molecule has 5 nitrogen and oxygen atoms in total. The van der Waals surface area contributed by atoms with Crippen LogP contribution in [-0.4, -0.2) is 39.6 Å². The van der Waals surface area contributed by atoms with Crippen LogP contribution in [0.25, 0.3) is 0 Å². The Bertz CT molecular complexity index is 534. The largest absolute Gasteiger partial charge is 0.481 e. The fourth-order valence-corrected chi connectivity index (χ4v) is 2.69. The number of carbonyl (C=O) groups excluding carboxylic acids is 1. The number of hydrogen-bond donors (Lipinski definition) is 2. The summed E-state index contributed by atoms with van der Waals surface area (Å²) in [5, 5.41) is 18.8. The maximum Gasteiger partial charge on any atom is 0.305 e. The molecular formula is C15H18FNO4. The van der Waals surface area contributed by atoms with E-state index in [2.05, 4.69) is 0 Å². The summed E-state index contributed by atoms with van der Waals surface area (Å²) in [7, 11) is 0. The normalized spacial score (nSPS) is 19.5. The highest BCUT2D eigenvalue weighted by molar-refractivity contribution is 5.78. The third-order valence-corrected chi connectivity index (χ3v) is 3.71. The molecule has 0 aromatic heterocycles. The summed E-state index contributed by atoms with van der Waals surface area (Å²) in [5.41, 5.74) is 0.345. The van der Waals surface area contributed by atoms with Gasteiger partial charge < -0.3 is 15.1 Å². The third kappa shape index (κ3) is 4.01. The number of aliphatic carboxylic acids is 1. The van der Waals surface area contributed by atoms with Crippen molar-refractivity contribution >= 4 is 11.9 Å². The van der Waals surface area contributed by atoms with Crippen LogP contribution in [0, 0.1) is 5.82 Å². The van der Waals surface area contributed by atoms with Crippen LogP contribution < -0.4 is 0 Å². The molecule has 0 radical (unpaired) electrons. The molecule has 1 aliphatic heterocycles. The van der Waals surface area contributed by atoms with E-state index in [9.17, 15) is 19.1 Å². The SMILES string of the molecule is O=C(O)CC1CCCN1C(=O)CC(O)c1cccc(F)c1. The Balaban J connectivity index is 1.98. The molecule has 0 saturated carbocycles. The maximum atomic E-state index is 13.1. The molecule has 21 heavy (non-hydrogen) atoms. The Kier molecular flexibility index (Phi) is 4.90. The van der Waals surface area contributed by atoms with E-state index in [4.69, 9.17) is 5.11 Å². The Morgan fingerprint density at radius 1 is 1.43 bits per heavy atom. The van der Waals surface area contributed by atoms with Crippen molar-refractivity contribution in [1.82, 2.24) is 4.90 Å². The van der Waals surface area contributed by atoms with E-state index in [1.807, 2.05) is 0 Å². The van der Waals surface area contributed by atoms with Crippen LogP contribution >= 0.6 is 0 Å². The van der Waals surface area contributed by atoms with Crippen LogP contribution in [0.15, 0.2) is 24.3 Å². The van der Waals surface area contributed by atoms with Crippen molar-refractivity contribution in [2.45, 2.75) is 37.8 Å². The molecule has 2 atom stereocenters. The molecule has 2 unspecified atom stereocenters. The average Bonchev–Trinajstić information content (AvgIpc) is 2.86. The summed E-state index contributed by atoms with van der Waals surface area (Å²) >= 11 is 0. The lowest BCUT2D eigenvalue weighted by molar-refractivity contribution is -0.140. The standard InChI is InChI=1S/C15H18FNO4/c16-11-4-1-3-10(7-11)13(18)9-14(19)17-6-2-5-12(17)8-15(20)21/h1,3-4,7,12-13,18H,2,5-6,8-9H2,(H,20,21). The highest BCUT2D eigenvalue weighted by Crippen LogP contribution is 2.24. The second-order valence-electron chi connectivity index (χ2n) is 5.26. The van der Waals surface area contributed by atoms with Gasteiger partial charge in [-0.3, -0.25) is 9.59 Å². The fourth-order valence-electron chi connectivity index (χ4n) is 2.69. The zero-order valence-corrected chi connectivity index (χ0v) is 11.5. The molecule has 2 rings (SSSR count). The number of likely N-dealkylation sites (tertiary alicyclic amines) is 1. The van der Waals surface area contributed by atoms with Crippen molar-refractivity contribution in [2.24, 2.45) is 0 Å². The minimum Gasteiger partial charge on any atom is -0.481 e. The number of carboxylic acid groups (broad SMARTS) is 1. The molecule has 114 valence electrons. The van der Waals surface area contributed by atoms with Gasteiger partial charge in [0.25, 0.3) is 0 Å². The molecule has 1 saturated heterocycles. The van der Waals surface area contributed by atoms with Crippen LogP contribution in [-0.2, 0) is 9.59 Å². The van der Waals surface area contributed by atoms with Crippen molar-refractivity contribution in [3.63, 3.8) is 0 Å². The zero-order valence-electron chi connectivity index (χ0n) is 11.5. The first-order valence-corrected chi connectivity index (χ1v) is 6.92. The third-order valence-electron chi connectivity index (χ3n) is 3.71. The predicted octanol–water partition coefficient (Wildman–Crippen LogP) is 1.71. The molecule has 6 heteroatoms. The van der Waals surface area contributed by atoms with Gasteiger partial charge in [-0.1, -0.05) is 12.1 Å². The first-order chi connectivity index (χ1) is 9.97. The molecule has 0 aliphatic carbocycles. The van der Waals surface area contributed by atoms with Crippen molar-refractivity contribution < 1.29 is 24.2 Å². The van der Waals surface area contributed by atoms with Gasteiger partial charge in [-0.2, -0.15) is 0 Å². The monoisotopic (exact) mass is 295 g/mol. The van der Waals surface area contributed by atoms with E-state index in [1.54, 1.807) is 6.07 Å². The van der Waals surface area contributed by atoms with Crippen LogP contribution in [0.3, 0.4) is 0 Å². The van der Waals surface area contributed by atoms with E-state index in [0.29, 0.717) is 18.5 Å². The van der Waals surface area contributed by atoms with E-state index < -0.39 is 17.9 Å². The average molecular weight is 295 g/mol. The summed E-state index contributed by atoms with van der Waals surface area (Å²) in [5.74, 6) is -1.70. The number of halogens is 1. The van der Waals surface area contributed by atoms with Gasteiger partial charge in [-0.05, 0) is 30.5 Å². The number of nitrogens with zero attached hydrogens (tertiary/aromatic N) is 1. The highest BCUT2D eigenvalue weighted by atomic mass is 19.1. The Labute approximate surface area is 122 Å². The van der Waals surface area contributed by atoms with Gasteiger partial charge in [-0.25, -0.2) is 4.39 Å². The lowest BCUT2D eigenvalue weighted by atomic mass is 10.1. The van der Waals surface area contributed by atoms with Gasteiger partial charge >= 0.3 is 5.97 Å². The number of aliphatic hydroxyl groups is 1. The highest BCUT2D eigenvalue weighted by Gasteiger charge is 2.31. The number of rotatable bonds is 5. The first kappa shape index (κ1) is 15.4. The lowest BCUT2D eigenvalue weighted by Gasteiger charge is -2.24. The van der Waals surface area contributed by atoms with Crippen molar-refractivity contribution in [1.29, 1.82) is 0 Å². The van der Waals surface area contributed by atoms with E-state index in [0.717, 1.165) is 6.42 Å². The first-order valence-electron chi connectivity index (χ1n) is 6.92. The number of carbonyl (C=O) groups is 2. The number of amides is 1. The molecule has 1 aliphatic rings. The molecular weight excluding hydrogens is 277 g/mol. The number of benzene rings is 1. The molecule has 1 amide bonds. The second kappa shape index (κ2) is 6.67. The predicted molar refractivity (Wildman–Crippen MR) is 73.0 cm³/mol. The van der Waals surface area contributed by atoms with E-state index in [1.165, 1.54) is 23.1 Å². The Hall–Kier alpha value is -1.95. The van der Waals surface area contributed by atoms with Gasteiger partial charge in [0.05, 0.1) is 18.9 Å². The molecule has 1 aromatic rings. The molecule has 1 fully saturated rings. The van der Waals surface area contributed by atoms with Crippen molar-refractivity contribution in [3.05, 3.63) is 35.6 Å². The Morgan fingerprint density at radius 2 is 2.19 bits per heavy atom. The quantitative estimate of drug-likeness (QED) is 0.867. The van der Waals surface area contributed by atoms with Gasteiger partial charge in [0.2, 0.25) is 5.91 Å². The minimum atomic E-state index is -1.08. The summed E-state index contributed by atoms with van der Waals surface area (Å²) < 4.78 is 13.1. The minimum absolute atomic E-state index is 0.0815. The lowest BCUT2D eigenvalue weighted by Crippen LogP contribution is -2.37. The van der Waals surface area contributed by atoms with Crippen LogP contribution in [0.5, 0.6) is 0 Å². The topological polar surface area (TPSA) is 77.8 Å². The molecule has 0 spiro atoms. The summed E-state index contributed by atoms with van der Waals surface area (Å²) in [6.45, 7) is 0.507. The van der Waals surface area contributed by atoms with Crippen LogP contribution in [0.1, 0.15) is 37.4 Å². The molecule has 1 aromatic carbocycles. The summed E-state index contributed by atoms with van der Waals surface area (Å²) in [6.07, 6.45) is 0.0918. The summed E-state index contributed by atoms with van der Waals surface area (Å²) in [4.78, 5) is 24.5. The number of hydrogen-bond acceptors (Lipinski definition) is 3. The van der Waals surface area contributed by atoms with E-state index in [-0.39, 0.29) is 24.8 Å². The van der Waals surface area contributed by atoms with Crippen molar-refractivity contribution in [2.75, 3.05) is 6.54 Å². The summed E-state index contributed by atoms with van der Waals surface area (Å²) in [6, 6.07) is 5.17. The Morgan fingerprint density at radius 3 is 2.86 bits per heavy atom. The molecule has 1 heterocycles. The van der Waals surface area contributed by atoms with Gasteiger partial charge in [0, 0.05) is 12.6 Å². The molecule has 0 bridgehead atoms. The number of carboxylic acids is 1. The second-order valence-corrected chi connectivity index (χ2v) is 5.26. The van der Waals surface area contributed by atoms with Gasteiger partial charge in [-0.15, -0.1) is 0 Å². The van der Waals surface area contributed by atoms with Gasteiger partial charge in [0.15, 0.2) is 0 Å². The van der Waals surface area contributed by atoms with Crippen LogP contribution in [0.4, 0.5) is 4.39 Å². The van der Waals surface area contributed by atoms with Crippen molar-refractivity contribution in [3.8, 4) is 0 Å². The molecule has 2 N–H and O–H groups in total. The van der Waals surface area contributed by atoms with E-state index >= 15 is 0 Å². The maximum absolute atomic E-state index is 13.1. The zero-order chi connectivity index (χ0) is 15.4. The smallest absolute Gasteiger partial charge is 0.305 e. The van der Waals surface area contributed by atoms with Gasteiger partial charge in [0.1, 0.15) is 5.82 Å². The number of aliphatic hydroxyl groups excluding tert-OH is 1. The van der Waals surface area contributed by atoms with Crippen LogP contribution in [0.2, 0.25) is 0 Å².